The number of hydrogen-bond donors (Lipinski definition) is 11. The molecule has 3 atom stereocenters. The van der Waals surface area contributed by atoms with Crippen LogP contribution < -0.4 is 34.0 Å². The highest BCUT2D eigenvalue weighted by Crippen LogP contribution is 1.93. The zero-order valence-corrected chi connectivity index (χ0v) is 16.7. The first-order chi connectivity index (χ1) is 14.1. The van der Waals surface area contributed by atoms with Gasteiger partial charge in [-0.05, 0) is 19.3 Å². The van der Waals surface area contributed by atoms with E-state index in [9.17, 15) is 24.0 Å². The molecule has 31 heavy (non-hydrogen) atoms. The zero-order valence-electron chi connectivity index (χ0n) is 16.7. The lowest BCUT2D eigenvalue weighted by atomic mass is 10.2. The predicted molar refractivity (Wildman–Crippen MR) is 107 cm³/mol. The Morgan fingerprint density at radius 3 is 1.48 bits per heavy atom. The summed E-state index contributed by atoms with van der Waals surface area (Å²) in [5, 5.41) is 42.0. The summed E-state index contributed by atoms with van der Waals surface area (Å²) in [6.07, 6.45) is 0.566. The molecule has 0 aliphatic heterocycles. The van der Waals surface area contributed by atoms with E-state index in [4.69, 9.17) is 54.5 Å². The van der Waals surface area contributed by atoms with Crippen LogP contribution in [0.3, 0.4) is 0 Å². The number of nitrogens with one attached hydrogen (secondary N) is 2. The maximum atomic E-state index is 10.2. The molecule has 0 fully saturated rings. The maximum Gasteiger partial charge on any atom is 0.321 e. The van der Waals surface area contributed by atoms with E-state index in [-0.39, 0.29) is 18.8 Å². The van der Waals surface area contributed by atoms with Gasteiger partial charge in [-0.25, -0.2) is 0 Å². The number of carbonyl (C=O) groups is 5. The van der Waals surface area contributed by atoms with Crippen LogP contribution in [0.5, 0.6) is 0 Å². The van der Waals surface area contributed by atoms with Crippen molar-refractivity contribution in [2.75, 3.05) is 6.54 Å². The van der Waals surface area contributed by atoms with Crippen molar-refractivity contribution in [3.63, 3.8) is 0 Å². The summed E-state index contributed by atoms with van der Waals surface area (Å²) in [7, 11) is 0. The number of guanidine groups is 1. The molecule has 1 amide bonds. The van der Waals surface area contributed by atoms with Crippen LogP contribution in [0.25, 0.3) is 0 Å². The lowest BCUT2D eigenvalue weighted by Gasteiger charge is -2.06. The number of aliphatic carboxylic acids is 4. The zero-order chi connectivity index (χ0) is 25.1. The minimum atomic E-state index is -1.29. The topological polar surface area (TPSA) is 332 Å². The van der Waals surface area contributed by atoms with E-state index < -0.39 is 54.3 Å². The lowest BCUT2D eigenvalue weighted by molar-refractivity contribution is -0.144. The first kappa shape index (κ1) is 32.2. The highest BCUT2D eigenvalue weighted by Gasteiger charge is 2.14. The number of rotatable bonds is 12. The Bertz CT molecular complexity index is 616. The van der Waals surface area contributed by atoms with Crippen LogP contribution in [0.15, 0.2) is 0 Å². The van der Waals surface area contributed by atoms with Crippen molar-refractivity contribution in [2.24, 2.45) is 28.7 Å². The second-order valence-corrected chi connectivity index (χ2v) is 5.92. The Balaban J connectivity index is -0.000000384. The van der Waals surface area contributed by atoms with E-state index in [0.29, 0.717) is 19.4 Å². The summed E-state index contributed by atoms with van der Waals surface area (Å²) in [6.45, 7) is 0.482. The number of hydrogen-bond acceptors (Lipinski definition) is 9. The first-order valence-corrected chi connectivity index (χ1v) is 8.64. The normalized spacial score (nSPS) is 12.4. The highest BCUT2D eigenvalue weighted by molar-refractivity contribution is 5.80. The molecule has 0 radical (unpaired) electrons. The van der Waals surface area contributed by atoms with Gasteiger partial charge < -0.3 is 54.4 Å². The van der Waals surface area contributed by atoms with Gasteiger partial charge in [0.1, 0.15) is 18.1 Å². The van der Waals surface area contributed by atoms with Gasteiger partial charge in [-0.15, -0.1) is 0 Å². The van der Waals surface area contributed by atoms with E-state index in [1.165, 1.54) is 0 Å². The van der Waals surface area contributed by atoms with E-state index in [1.54, 1.807) is 0 Å². The number of nitrogens with two attached hydrogens (primary N) is 5. The number of amides is 1. The molecule has 0 aromatic heterocycles. The SMILES string of the molecule is N=C(N)NCCCC(N)C(=O)O.NC(=O)CCC(N)C(=O)O.NC(CC(=O)O)C(=O)O. The molecule has 0 spiro atoms. The molecule has 180 valence electrons. The minimum absolute atomic E-state index is 0.0213. The number of carboxylic acid groups (broad SMARTS) is 4. The smallest absolute Gasteiger partial charge is 0.321 e. The molecule has 0 bridgehead atoms. The summed E-state index contributed by atoms with van der Waals surface area (Å²) in [4.78, 5) is 50.0. The Hall–Kier alpha value is -3.50. The van der Waals surface area contributed by atoms with Crippen LogP contribution in [0.2, 0.25) is 0 Å². The fraction of sp³-hybridized carbons (Fsp3) is 0.600. The van der Waals surface area contributed by atoms with Crippen molar-refractivity contribution in [1.29, 1.82) is 5.41 Å². The van der Waals surface area contributed by atoms with Crippen molar-refractivity contribution in [1.82, 2.24) is 5.32 Å². The molecule has 0 heterocycles. The van der Waals surface area contributed by atoms with E-state index >= 15 is 0 Å². The molecular weight excluding hydrogens is 422 g/mol. The molecule has 16 N–H and O–H groups in total. The van der Waals surface area contributed by atoms with E-state index in [0.717, 1.165) is 0 Å². The van der Waals surface area contributed by atoms with Crippen LogP contribution in [-0.4, -0.2) is 80.8 Å². The fourth-order valence-electron chi connectivity index (χ4n) is 1.37. The van der Waals surface area contributed by atoms with Gasteiger partial charge in [0.05, 0.1) is 6.42 Å². The molecule has 16 heteroatoms. The van der Waals surface area contributed by atoms with Crippen LogP contribution in [0, 0.1) is 5.41 Å². The third kappa shape index (κ3) is 26.5. The molecule has 0 aromatic rings. The quantitative estimate of drug-likeness (QED) is 0.0766. The number of carboxylic acids is 4. The predicted octanol–water partition coefficient (Wildman–Crippen LogP) is -3.80. The average Bonchev–Trinajstić information content (AvgIpc) is 2.63. The summed E-state index contributed by atoms with van der Waals surface area (Å²) < 4.78 is 0. The standard InChI is InChI=1S/C6H14N4O2.C5H10N2O3.C4H7NO4/c7-4(5(11)12)2-1-3-10-6(8)9;6-3(5(9)10)1-2-4(7)8;5-2(4(8)9)1-3(6)7/h4H,1-3,7H2,(H,11,12)(H4,8,9,10);3H,1-2,6H2,(H2,7,8)(H,9,10);2H,1,5H2,(H,6,7)(H,8,9). The number of carbonyl (C=O) groups excluding carboxylic acids is 1. The van der Waals surface area contributed by atoms with Gasteiger partial charge in [-0.3, -0.25) is 29.4 Å². The second kappa shape index (κ2) is 18.5. The van der Waals surface area contributed by atoms with Crippen molar-refractivity contribution >= 4 is 35.7 Å². The van der Waals surface area contributed by atoms with E-state index in [2.05, 4.69) is 5.32 Å². The minimum Gasteiger partial charge on any atom is -0.481 e. The summed E-state index contributed by atoms with van der Waals surface area (Å²) in [6, 6.07) is -3.09. The lowest BCUT2D eigenvalue weighted by Crippen LogP contribution is -2.34. The van der Waals surface area contributed by atoms with Crippen LogP contribution in [-0.2, 0) is 24.0 Å². The molecular formula is C15H31N7O9. The second-order valence-electron chi connectivity index (χ2n) is 5.92. The van der Waals surface area contributed by atoms with Gasteiger partial charge >= 0.3 is 23.9 Å². The monoisotopic (exact) mass is 453 g/mol. The van der Waals surface area contributed by atoms with Crippen LogP contribution in [0.4, 0.5) is 0 Å². The Morgan fingerprint density at radius 1 is 0.774 bits per heavy atom. The largest absolute Gasteiger partial charge is 0.481 e. The Kier molecular flexibility index (Phi) is 19.2. The Morgan fingerprint density at radius 2 is 1.19 bits per heavy atom. The molecule has 0 aliphatic rings. The molecule has 0 saturated carbocycles. The third-order valence-electron chi connectivity index (χ3n) is 3.06. The average molecular weight is 453 g/mol. The maximum absolute atomic E-state index is 10.2. The number of primary amides is 1. The highest BCUT2D eigenvalue weighted by atomic mass is 16.4. The van der Waals surface area contributed by atoms with Crippen molar-refractivity contribution in [2.45, 2.75) is 50.2 Å². The van der Waals surface area contributed by atoms with Crippen molar-refractivity contribution in [3.8, 4) is 0 Å². The Labute approximate surface area is 177 Å². The molecule has 3 unspecified atom stereocenters. The molecule has 0 aliphatic carbocycles. The van der Waals surface area contributed by atoms with Gasteiger partial charge in [-0.2, -0.15) is 0 Å². The van der Waals surface area contributed by atoms with Crippen molar-refractivity contribution < 1.29 is 44.4 Å². The fourth-order valence-corrected chi connectivity index (χ4v) is 1.37. The molecule has 16 nitrogen and oxygen atoms in total. The van der Waals surface area contributed by atoms with Crippen molar-refractivity contribution in [3.05, 3.63) is 0 Å². The van der Waals surface area contributed by atoms with Gasteiger partial charge in [0, 0.05) is 13.0 Å². The van der Waals surface area contributed by atoms with Gasteiger partial charge in [-0.1, -0.05) is 0 Å². The van der Waals surface area contributed by atoms with Gasteiger partial charge in [0.15, 0.2) is 5.96 Å². The van der Waals surface area contributed by atoms with Gasteiger partial charge in [0.2, 0.25) is 5.91 Å². The van der Waals surface area contributed by atoms with Gasteiger partial charge in [0.25, 0.3) is 0 Å². The molecule has 0 aromatic carbocycles. The molecule has 0 saturated heterocycles. The summed E-state index contributed by atoms with van der Waals surface area (Å²) in [5.74, 6) is -5.25. The van der Waals surface area contributed by atoms with Crippen LogP contribution in [0.1, 0.15) is 32.1 Å². The summed E-state index contributed by atoms with van der Waals surface area (Å²) >= 11 is 0. The first-order valence-electron chi connectivity index (χ1n) is 8.64. The van der Waals surface area contributed by atoms with Crippen LogP contribution >= 0.6 is 0 Å². The molecule has 0 rings (SSSR count). The third-order valence-corrected chi connectivity index (χ3v) is 3.06. The van der Waals surface area contributed by atoms with E-state index in [1.807, 2.05) is 0 Å². The summed E-state index contributed by atoms with van der Waals surface area (Å²) in [5.41, 5.74) is 24.9.